The van der Waals surface area contributed by atoms with Crippen molar-refractivity contribution in [2.24, 2.45) is 11.8 Å². The summed E-state index contributed by atoms with van der Waals surface area (Å²) >= 11 is 0. The first-order chi connectivity index (χ1) is 9.45. The fourth-order valence-electron chi connectivity index (χ4n) is 3.39. The van der Waals surface area contributed by atoms with Gasteiger partial charge < -0.3 is 5.11 Å². The van der Waals surface area contributed by atoms with Crippen LogP contribution in [0.1, 0.15) is 57.3 Å². The largest absolute Gasteiger partial charge is 0.387 e. The Morgan fingerprint density at radius 2 is 1.55 bits per heavy atom. The summed E-state index contributed by atoms with van der Waals surface area (Å²) in [6.45, 7) is 12.0. The van der Waals surface area contributed by atoms with Crippen molar-refractivity contribution >= 4 is 0 Å². The van der Waals surface area contributed by atoms with Gasteiger partial charge in [0, 0.05) is 19.6 Å². The number of likely N-dealkylation sites (tertiary alicyclic amines) is 1. The highest BCUT2D eigenvalue weighted by atomic mass is 16.3. The Morgan fingerprint density at radius 3 is 2.05 bits per heavy atom. The molecule has 2 heteroatoms. The third kappa shape index (κ3) is 4.07. The van der Waals surface area contributed by atoms with Crippen LogP contribution >= 0.6 is 0 Å². The highest BCUT2D eigenvalue weighted by Crippen LogP contribution is 2.24. The third-order valence-corrected chi connectivity index (χ3v) is 4.36. The van der Waals surface area contributed by atoms with Crippen LogP contribution < -0.4 is 0 Å². The van der Waals surface area contributed by atoms with Crippen LogP contribution in [0.5, 0.6) is 0 Å². The summed E-state index contributed by atoms with van der Waals surface area (Å²) in [5.41, 5.74) is 2.38. The molecule has 0 saturated carbocycles. The predicted molar refractivity (Wildman–Crippen MR) is 84.9 cm³/mol. The highest BCUT2D eigenvalue weighted by Gasteiger charge is 2.23. The van der Waals surface area contributed by atoms with Crippen molar-refractivity contribution < 1.29 is 5.11 Å². The van der Waals surface area contributed by atoms with Gasteiger partial charge in [0.15, 0.2) is 0 Å². The summed E-state index contributed by atoms with van der Waals surface area (Å²) in [7, 11) is 0. The van der Waals surface area contributed by atoms with Gasteiger partial charge in [-0.05, 0) is 35.3 Å². The summed E-state index contributed by atoms with van der Waals surface area (Å²) in [5.74, 6) is 2.04. The predicted octanol–water partition coefficient (Wildman–Crippen LogP) is 3.82. The van der Waals surface area contributed by atoms with Gasteiger partial charge in [-0.3, -0.25) is 4.90 Å². The van der Waals surface area contributed by atoms with Crippen LogP contribution in [0.4, 0.5) is 0 Å². The summed E-state index contributed by atoms with van der Waals surface area (Å²) in [6.07, 6.45) is 0.948. The smallest absolute Gasteiger partial charge is 0.0916 e. The van der Waals surface area contributed by atoms with Crippen LogP contribution in [0.15, 0.2) is 24.3 Å². The SMILES string of the molecule is CC1CC(C)CN(CC(O)c2ccc(C(C)C)cc2)C1. The minimum Gasteiger partial charge on any atom is -0.387 e. The number of hydrogen-bond acceptors (Lipinski definition) is 2. The van der Waals surface area contributed by atoms with E-state index in [0.717, 1.165) is 37.0 Å². The van der Waals surface area contributed by atoms with E-state index in [4.69, 9.17) is 0 Å². The van der Waals surface area contributed by atoms with Gasteiger partial charge in [-0.1, -0.05) is 52.0 Å². The van der Waals surface area contributed by atoms with E-state index < -0.39 is 0 Å². The maximum atomic E-state index is 10.4. The summed E-state index contributed by atoms with van der Waals surface area (Å²) in [4.78, 5) is 2.42. The average Bonchev–Trinajstić information content (AvgIpc) is 2.37. The van der Waals surface area contributed by atoms with E-state index in [0.29, 0.717) is 5.92 Å². The zero-order chi connectivity index (χ0) is 14.7. The lowest BCUT2D eigenvalue weighted by Gasteiger charge is -2.36. The van der Waals surface area contributed by atoms with Gasteiger partial charge in [0.2, 0.25) is 0 Å². The molecule has 1 N–H and O–H groups in total. The lowest BCUT2D eigenvalue weighted by atomic mass is 9.91. The minimum atomic E-state index is -0.367. The molecular weight excluding hydrogens is 246 g/mol. The first-order valence-electron chi connectivity index (χ1n) is 7.96. The molecule has 20 heavy (non-hydrogen) atoms. The van der Waals surface area contributed by atoms with E-state index in [1.54, 1.807) is 0 Å². The molecular formula is C18H29NO. The molecule has 3 unspecified atom stereocenters. The Hall–Kier alpha value is -0.860. The van der Waals surface area contributed by atoms with Gasteiger partial charge in [-0.15, -0.1) is 0 Å². The topological polar surface area (TPSA) is 23.5 Å². The maximum absolute atomic E-state index is 10.4. The molecule has 1 heterocycles. The monoisotopic (exact) mass is 275 g/mol. The Morgan fingerprint density at radius 1 is 1.05 bits per heavy atom. The standard InChI is InChI=1S/C18H29NO/c1-13(2)16-5-7-17(8-6-16)18(20)12-19-10-14(3)9-15(4)11-19/h5-8,13-15,18,20H,9-12H2,1-4H3. The van der Waals surface area contributed by atoms with Crippen LogP contribution in [0.3, 0.4) is 0 Å². The van der Waals surface area contributed by atoms with Crippen LogP contribution in [0.25, 0.3) is 0 Å². The molecule has 1 fully saturated rings. The second-order valence-electron chi connectivity index (χ2n) is 7.00. The van der Waals surface area contributed by atoms with E-state index in [9.17, 15) is 5.11 Å². The zero-order valence-electron chi connectivity index (χ0n) is 13.3. The van der Waals surface area contributed by atoms with Crippen LogP contribution in [-0.2, 0) is 0 Å². The first-order valence-corrected chi connectivity index (χ1v) is 7.96. The number of piperidine rings is 1. The van der Waals surface area contributed by atoms with Crippen molar-refractivity contribution in [3.63, 3.8) is 0 Å². The third-order valence-electron chi connectivity index (χ3n) is 4.36. The maximum Gasteiger partial charge on any atom is 0.0916 e. The number of rotatable bonds is 4. The second kappa shape index (κ2) is 6.73. The fraction of sp³-hybridized carbons (Fsp3) is 0.667. The molecule has 0 spiro atoms. The average molecular weight is 275 g/mol. The van der Waals surface area contributed by atoms with Crippen molar-refractivity contribution in [1.29, 1.82) is 0 Å². The van der Waals surface area contributed by atoms with E-state index in [1.807, 2.05) is 0 Å². The molecule has 0 amide bonds. The van der Waals surface area contributed by atoms with Gasteiger partial charge >= 0.3 is 0 Å². The molecule has 0 aliphatic carbocycles. The normalized spacial score (nSPS) is 25.9. The van der Waals surface area contributed by atoms with Gasteiger partial charge in [-0.25, -0.2) is 0 Å². The Bertz CT molecular complexity index is 402. The van der Waals surface area contributed by atoms with Crippen molar-refractivity contribution in [3.05, 3.63) is 35.4 Å². The molecule has 112 valence electrons. The molecule has 1 aliphatic rings. The molecule has 2 nitrogen and oxygen atoms in total. The van der Waals surface area contributed by atoms with Crippen LogP contribution in [0, 0.1) is 11.8 Å². The molecule has 0 aromatic heterocycles. The lowest BCUT2D eigenvalue weighted by molar-refractivity contribution is 0.0699. The number of aliphatic hydroxyl groups is 1. The fourth-order valence-corrected chi connectivity index (χ4v) is 3.39. The Balaban J connectivity index is 1.95. The highest BCUT2D eigenvalue weighted by molar-refractivity contribution is 5.26. The first kappa shape index (κ1) is 15.5. The molecule has 2 rings (SSSR count). The number of hydrogen-bond donors (Lipinski definition) is 1. The van der Waals surface area contributed by atoms with Crippen molar-refractivity contribution in [1.82, 2.24) is 4.90 Å². The minimum absolute atomic E-state index is 0.367. The number of β-amino-alcohol motifs (C(OH)–C–C–N with tert-alkyl or cyclic N) is 1. The molecule has 1 aromatic carbocycles. The second-order valence-corrected chi connectivity index (χ2v) is 7.00. The van der Waals surface area contributed by atoms with E-state index in [1.165, 1.54) is 12.0 Å². The van der Waals surface area contributed by atoms with Crippen LogP contribution in [-0.4, -0.2) is 29.6 Å². The van der Waals surface area contributed by atoms with Crippen molar-refractivity contribution in [2.75, 3.05) is 19.6 Å². The van der Waals surface area contributed by atoms with Crippen molar-refractivity contribution in [2.45, 2.75) is 46.1 Å². The zero-order valence-corrected chi connectivity index (χ0v) is 13.3. The molecule has 1 saturated heterocycles. The molecule has 1 aromatic rings. The molecule has 0 radical (unpaired) electrons. The van der Waals surface area contributed by atoms with Gasteiger partial charge in [0.25, 0.3) is 0 Å². The van der Waals surface area contributed by atoms with Gasteiger partial charge in [-0.2, -0.15) is 0 Å². The summed E-state index contributed by atoms with van der Waals surface area (Å²) < 4.78 is 0. The summed E-state index contributed by atoms with van der Waals surface area (Å²) in [5, 5.41) is 10.4. The van der Waals surface area contributed by atoms with Crippen molar-refractivity contribution in [3.8, 4) is 0 Å². The molecule has 3 atom stereocenters. The number of nitrogens with zero attached hydrogens (tertiary/aromatic N) is 1. The van der Waals surface area contributed by atoms with E-state index in [2.05, 4.69) is 56.9 Å². The summed E-state index contributed by atoms with van der Waals surface area (Å²) in [6, 6.07) is 8.45. The van der Waals surface area contributed by atoms with Gasteiger partial charge in [0.1, 0.15) is 0 Å². The Kier molecular flexibility index (Phi) is 5.22. The van der Waals surface area contributed by atoms with Gasteiger partial charge in [0.05, 0.1) is 6.10 Å². The molecule has 0 bridgehead atoms. The Labute approximate surface area is 123 Å². The van der Waals surface area contributed by atoms with Crippen LogP contribution in [0.2, 0.25) is 0 Å². The van der Waals surface area contributed by atoms with E-state index in [-0.39, 0.29) is 6.10 Å². The quantitative estimate of drug-likeness (QED) is 0.903. The molecule has 1 aliphatic heterocycles. The lowest BCUT2D eigenvalue weighted by Crippen LogP contribution is -2.40. The number of benzene rings is 1. The number of aliphatic hydroxyl groups excluding tert-OH is 1. The van der Waals surface area contributed by atoms with E-state index >= 15 is 0 Å².